The molecular weight excluding hydrogens is 346 g/mol. The summed E-state index contributed by atoms with van der Waals surface area (Å²) in [4.78, 5) is 12.1. The van der Waals surface area contributed by atoms with Crippen molar-refractivity contribution in [1.82, 2.24) is 5.16 Å². The first-order chi connectivity index (χ1) is 13.2. The molecule has 0 N–H and O–H groups in total. The van der Waals surface area contributed by atoms with E-state index in [0.29, 0.717) is 23.0 Å². The van der Waals surface area contributed by atoms with E-state index in [0.717, 1.165) is 11.0 Å². The lowest BCUT2D eigenvalue weighted by Gasteiger charge is -2.13. The van der Waals surface area contributed by atoms with Gasteiger partial charge in [-0.25, -0.2) is 4.79 Å². The minimum Gasteiger partial charge on any atom is -0.479 e. The molecule has 0 unspecified atom stereocenters. The third-order valence-corrected chi connectivity index (χ3v) is 3.98. The largest absolute Gasteiger partial charge is 0.479 e. The lowest BCUT2D eigenvalue weighted by molar-refractivity contribution is -0.152. The number of para-hydroxylation sites is 2. The first-order valence-electron chi connectivity index (χ1n) is 8.52. The number of benzene rings is 2. The van der Waals surface area contributed by atoms with Crippen molar-refractivity contribution in [3.05, 3.63) is 72.4 Å². The molecule has 0 aliphatic carbocycles. The third kappa shape index (κ3) is 3.84. The van der Waals surface area contributed by atoms with Crippen molar-refractivity contribution < 1.29 is 23.2 Å². The normalized spacial score (nSPS) is 12.0. The molecule has 2 heterocycles. The van der Waals surface area contributed by atoms with Gasteiger partial charge in [0.25, 0.3) is 0 Å². The zero-order valence-electron chi connectivity index (χ0n) is 14.6. The van der Waals surface area contributed by atoms with Gasteiger partial charge in [0.15, 0.2) is 11.9 Å². The maximum atomic E-state index is 12.1. The van der Waals surface area contributed by atoms with Crippen LogP contribution in [0, 0.1) is 0 Å². The van der Waals surface area contributed by atoms with Gasteiger partial charge in [-0.2, -0.15) is 0 Å². The lowest BCUT2D eigenvalue weighted by Crippen LogP contribution is -2.26. The van der Waals surface area contributed by atoms with E-state index in [1.165, 1.54) is 0 Å². The van der Waals surface area contributed by atoms with Gasteiger partial charge in [0.2, 0.25) is 5.76 Å². The number of hydrogen-bond acceptors (Lipinski definition) is 6. The molecule has 0 bridgehead atoms. The molecule has 2 aromatic carbocycles. The number of furan rings is 1. The van der Waals surface area contributed by atoms with Gasteiger partial charge >= 0.3 is 5.97 Å². The molecular formula is C21H17NO5. The summed E-state index contributed by atoms with van der Waals surface area (Å²) in [7, 11) is 0. The van der Waals surface area contributed by atoms with E-state index in [4.69, 9.17) is 18.4 Å². The van der Waals surface area contributed by atoms with Gasteiger partial charge < -0.3 is 18.4 Å². The SMILES string of the molecule is C[C@H](Oc1ccccc1)C(=O)OCc1cc(-c2cc3ccccc3o2)on1. The third-order valence-electron chi connectivity index (χ3n) is 3.98. The second kappa shape index (κ2) is 7.37. The van der Waals surface area contributed by atoms with E-state index in [-0.39, 0.29) is 6.61 Å². The van der Waals surface area contributed by atoms with E-state index in [1.807, 2.05) is 48.5 Å². The van der Waals surface area contributed by atoms with Gasteiger partial charge in [0.1, 0.15) is 23.6 Å². The summed E-state index contributed by atoms with van der Waals surface area (Å²) in [6.45, 7) is 1.63. The summed E-state index contributed by atoms with van der Waals surface area (Å²) in [5.74, 6) is 1.18. The molecule has 0 aliphatic rings. The highest BCUT2D eigenvalue weighted by molar-refractivity contribution is 5.81. The van der Waals surface area contributed by atoms with Crippen LogP contribution < -0.4 is 4.74 Å². The van der Waals surface area contributed by atoms with E-state index >= 15 is 0 Å². The predicted molar refractivity (Wildman–Crippen MR) is 98.0 cm³/mol. The fourth-order valence-corrected chi connectivity index (χ4v) is 2.61. The van der Waals surface area contributed by atoms with Crippen LogP contribution in [0.25, 0.3) is 22.5 Å². The second-order valence-corrected chi connectivity index (χ2v) is 6.01. The smallest absolute Gasteiger partial charge is 0.347 e. The van der Waals surface area contributed by atoms with Crippen LogP contribution in [0.5, 0.6) is 5.75 Å². The van der Waals surface area contributed by atoms with Crippen molar-refractivity contribution in [1.29, 1.82) is 0 Å². The number of aromatic nitrogens is 1. The molecule has 0 saturated heterocycles. The summed E-state index contributed by atoms with van der Waals surface area (Å²) in [5, 5.41) is 4.90. The van der Waals surface area contributed by atoms with E-state index in [9.17, 15) is 4.79 Å². The first-order valence-corrected chi connectivity index (χ1v) is 8.52. The first kappa shape index (κ1) is 16.9. The number of rotatable bonds is 6. The quantitative estimate of drug-likeness (QED) is 0.466. The van der Waals surface area contributed by atoms with Crippen molar-refractivity contribution in [2.45, 2.75) is 19.6 Å². The molecule has 0 saturated carbocycles. The molecule has 27 heavy (non-hydrogen) atoms. The monoisotopic (exact) mass is 363 g/mol. The van der Waals surface area contributed by atoms with Crippen LogP contribution >= 0.6 is 0 Å². The Labute approximate surface area is 155 Å². The van der Waals surface area contributed by atoms with Crippen LogP contribution in [0.15, 0.2) is 75.7 Å². The topological polar surface area (TPSA) is 74.7 Å². The van der Waals surface area contributed by atoms with E-state index in [2.05, 4.69) is 5.16 Å². The van der Waals surface area contributed by atoms with Gasteiger partial charge in [-0.05, 0) is 31.2 Å². The van der Waals surface area contributed by atoms with Crippen LogP contribution in [0.1, 0.15) is 12.6 Å². The van der Waals surface area contributed by atoms with Crippen molar-refractivity contribution >= 4 is 16.9 Å². The number of fused-ring (bicyclic) bond motifs is 1. The maximum absolute atomic E-state index is 12.1. The van der Waals surface area contributed by atoms with Gasteiger partial charge in [-0.15, -0.1) is 0 Å². The van der Waals surface area contributed by atoms with Crippen molar-refractivity contribution in [2.24, 2.45) is 0 Å². The Balaban J connectivity index is 1.37. The summed E-state index contributed by atoms with van der Waals surface area (Å²) in [6, 6.07) is 20.3. The van der Waals surface area contributed by atoms with Crippen LogP contribution in [0.4, 0.5) is 0 Å². The number of ether oxygens (including phenoxy) is 2. The molecule has 6 heteroatoms. The molecule has 2 aromatic heterocycles. The fraction of sp³-hybridized carbons (Fsp3) is 0.143. The Morgan fingerprint density at radius 3 is 2.63 bits per heavy atom. The minimum absolute atomic E-state index is 0.00888. The molecule has 0 amide bonds. The minimum atomic E-state index is -0.728. The van der Waals surface area contributed by atoms with Gasteiger partial charge in [-0.1, -0.05) is 41.6 Å². The summed E-state index contributed by atoms with van der Waals surface area (Å²) in [5.41, 5.74) is 1.26. The van der Waals surface area contributed by atoms with Gasteiger partial charge in [-0.3, -0.25) is 0 Å². The predicted octanol–water partition coefficient (Wildman–Crippen LogP) is 4.60. The molecule has 0 aliphatic heterocycles. The summed E-state index contributed by atoms with van der Waals surface area (Å²) < 4.78 is 21.8. The van der Waals surface area contributed by atoms with E-state index < -0.39 is 12.1 Å². The standard InChI is InChI=1S/C21H17NO5/c1-14(25-17-8-3-2-4-9-17)21(23)24-13-16-12-20(27-22-16)19-11-15-7-5-6-10-18(15)26-19/h2-12,14H,13H2,1H3/t14-/m0/s1. The Bertz CT molecular complexity index is 1020. The van der Waals surface area contributed by atoms with Crippen LogP contribution in [-0.2, 0) is 16.1 Å². The van der Waals surface area contributed by atoms with Crippen molar-refractivity contribution in [2.75, 3.05) is 0 Å². The molecule has 1 atom stereocenters. The molecule has 0 fully saturated rings. The molecule has 0 radical (unpaired) electrons. The van der Waals surface area contributed by atoms with Crippen LogP contribution in [0.3, 0.4) is 0 Å². The summed E-state index contributed by atoms with van der Waals surface area (Å²) in [6.07, 6.45) is -0.728. The van der Waals surface area contributed by atoms with Gasteiger partial charge in [0, 0.05) is 11.5 Å². The highest BCUT2D eigenvalue weighted by Gasteiger charge is 2.18. The Hall–Kier alpha value is -3.54. The van der Waals surface area contributed by atoms with Crippen LogP contribution in [-0.4, -0.2) is 17.2 Å². The number of carbonyl (C=O) groups excluding carboxylic acids is 1. The second-order valence-electron chi connectivity index (χ2n) is 6.01. The lowest BCUT2D eigenvalue weighted by atomic mass is 10.2. The molecule has 4 aromatic rings. The Morgan fingerprint density at radius 2 is 1.81 bits per heavy atom. The zero-order chi connectivity index (χ0) is 18.6. The maximum Gasteiger partial charge on any atom is 0.347 e. The molecule has 136 valence electrons. The average Bonchev–Trinajstić information content (AvgIpc) is 3.33. The number of carbonyl (C=O) groups is 1. The number of hydrogen-bond donors (Lipinski definition) is 0. The summed E-state index contributed by atoms with van der Waals surface area (Å²) >= 11 is 0. The van der Waals surface area contributed by atoms with Crippen molar-refractivity contribution in [3.63, 3.8) is 0 Å². The molecule has 0 spiro atoms. The average molecular weight is 363 g/mol. The highest BCUT2D eigenvalue weighted by atomic mass is 16.6. The fourth-order valence-electron chi connectivity index (χ4n) is 2.61. The number of nitrogens with zero attached hydrogens (tertiary/aromatic N) is 1. The molecule has 6 nitrogen and oxygen atoms in total. The van der Waals surface area contributed by atoms with Gasteiger partial charge in [0.05, 0.1) is 0 Å². The van der Waals surface area contributed by atoms with E-state index in [1.54, 1.807) is 25.1 Å². The zero-order valence-corrected chi connectivity index (χ0v) is 14.6. The Morgan fingerprint density at radius 1 is 1.04 bits per heavy atom. The van der Waals surface area contributed by atoms with Crippen LogP contribution in [0.2, 0.25) is 0 Å². The number of esters is 1. The molecule has 4 rings (SSSR count). The highest BCUT2D eigenvalue weighted by Crippen LogP contribution is 2.28. The van der Waals surface area contributed by atoms with Crippen molar-refractivity contribution in [3.8, 4) is 17.3 Å². The Kier molecular flexibility index (Phi) is 4.61.